The lowest BCUT2D eigenvalue weighted by Gasteiger charge is -2.20. The highest BCUT2D eigenvalue weighted by molar-refractivity contribution is 5.88. The van der Waals surface area contributed by atoms with E-state index in [9.17, 15) is 0 Å². The Hall–Kier alpha value is -7.44. The number of ether oxygens (including phenoxy) is 2. The smallest absolute Gasteiger partial charge is 0.221 e. The van der Waals surface area contributed by atoms with E-state index in [1.54, 1.807) is 14.2 Å². The number of rotatable bonds is 10. The molecular formula is C50H38N4O2. The van der Waals surface area contributed by atoms with E-state index in [4.69, 9.17) is 19.4 Å². The fourth-order valence-corrected chi connectivity index (χ4v) is 7.34. The summed E-state index contributed by atoms with van der Waals surface area (Å²) in [5, 5.41) is 0. The summed E-state index contributed by atoms with van der Waals surface area (Å²) >= 11 is 0. The standard InChI is InChI=1S/C50H38N4O2/c1-55-41-30-28-40(29-31-41)49-51-45(36-20-10-4-11-21-36)48(39-26-16-7-17-27-39)54(49)50-52-46(37-22-12-5-13-23-37)47(38-24-14-6-15-25-38)53(50)44-33-32-42(56-2)34-43(44)35-18-8-3-9-19-35/h3-34H,1-2H3. The van der Waals surface area contributed by atoms with E-state index in [1.165, 1.54) is 0 Å². The van der Waals surface area contributed by atoms with Crippen LogP contribution in [0.4, 0.5) is 0 Å². The molecule has 270 valence electrons. The van der Waals surface area contributed by atoms with Crippen molar-refractivity contribution in [2.24, 2.45) is 0 Å². The van der Waals surface area contributed by atoms with Gasteiger partial charge in [0, 0.05) is 33.4 Å². The lowest BCUT2D eigenvalue weighted by molar-refractivity contribution is 0.415. The van der Waals surface area contributed by atoms with Crippen LogP contribution in [0.3, 0.4) is 0 Å². The van der Waals surface area contributed by atoms with Crippen LogP contribution in [0.1, 0.15) is 0 Å². The van der Waals surface area contributed by atoms with Gasteiger partial charge in [0.15, 0.2) is 0 Å². The Morgan fingerprint density at radius 2 is 0.804 bits per heavy atom. The quantitative estimate of drug-likeness (QED) is 0.141. The van der Waals surface area contributed by atoms with Crippen molar-refractivity contribution in [3.05, 3.63) is 194 Å². The lowest BCUT2D eigenvalue weighted by Crippen LogP contribution is -2.10. The van der Waals surface area contributed by atoms with Gasteiger partial charge in [-0.05, 0) is 48.0 Å². The van der Waals surface area contributed by atoms with Gasteiger partial charge in [0.25, 0.3) is 0 Å². The average Bonchev–Trinajstić information content (AvgIpc) is 3.88. The molecule has 56 heavy (non-hydrogen) atoms. The first-order chi connectivity index (χ1) is 27.7. The van der Waals surface area contributed by atoms with Gasteiger partial charge in [-0.2, -0.15) is 0 Å². The summed E-state index contributed by atoms with van der Waals surface area (Å²) in [4.78, 5) is 11.3. The maximum absolute atomic E-state index is 5.85. The van der Waals surface area contributed by atoms with Crippen LogP contribution in [0.2, 0.25) is 0 Å². The third-order valence-electron chi connectivity index (χ3n) is 10.0. The molecule has 0 aliphatic rings. The van der Waals surface area contributed by atoms with Crippen molar-refractivity contribution in [2.45, 2.75) is 0 Å². The predicted octanol–water partition coefficient (Wildman–Crippen LogP) is 12.1. The van der Waals surface area contributed by atoms with Crippen LogP contribution in [-0.4, -0.2) is 33.3 Å². The molecule has 0 spiro atoms. The van der Waals surface area contributed by atoms with E-state index in [2.05, 4.69) is 155 Å². The van der Waals surface area contributed by atoms with Crippen molar-refractivity contribution in [1.29, 1.82) is 0 Å². The molecule has 7 aromatic carbocycles. The molecule has 9 rings (SSSR count). The molecular weight excluding hydrogens is 689 g/mol. The topological polar surface area (TPSA) is 54.1 Å². The molecule has 0 radical (unpaired) electrons. The van der Waals surface area contributed by atoms with E-state index >= 15 is 0 Å². The van der Waals surface area contributed by atoms with Gasteiger partial charge in [0.1, 0.15) is 17.3 Å². The number of aromatic nitrogens is 4. The normalized spacial score (nSPS) is 11.0. The van der Waals surface area contributed by atoms with Gasteiger partial charge in [-0.15, -0.1) is 0 Å². The molecule has 0 aliphatic heterocycles. The summed E-state index contributed by atoms with van der Waals surface area (Å²) in [7, 11) is 3.39. The van der Waals surface area contributed by atoms with Crippen molar-refractivity contribution in [3.8, 4) is 90.7 Å². The molecule has 0 N–H and O–H groups in total. The van der Waals surface area contributed by atoms with Gasteiger partial charge in [-0.3, -0.25) is 9.13 Å². The Morgan fingerprint density at radius 3 is 1.30 bits per heavy atom. The van der Waals surface area contributed by atoms with E-state index < -0.39 is 0 Å². The maximum atomic E-state index is 5.85. The van der Waals surface area contributed by atoms with Crippen molar-refractivity contribution in [3.63, 3.8) is 0 Å². The summed E-state index contributed by atoms with van der Waals surface area (Å²) in [6, 6.07) is 66.6. The number of hydrogen-bond donors (Lipinski definition) is 0. The second-order valence-corrected chi connectivity index (χ2v) is 13.4. The van der Waals surface area contributed by atoms with Crippen LogP contribution in [-0.2, 0) is 0 Å². The minimum Gasteiger partial charge on any atom is -0.497 e. The Kier molecular flexibility index (Phi) is 9.27. The Balaban J connectivity index is 1.49. The molecule has 6 heteroatoms. The zero-order valence-electron chi connectivity index (χ0n) is 31.1. The van der Waals surface area contributed by atoms with Crippen LogP contribution in [0.25, 0.3) is 79.2 Å². The fourth-order valence-electron chi connectivity index (χ4n) is 7.34. The molecule has 0 saturated carbocycles. The second kappa shape index (κ2) is 15.1. The summed E-state index contributed by atoms with van der Waals surface area (Å²) in [5.74, 6) is 2.95. The van der Waals surface area contributed by atoms with Crippen LogP contribution in [0, 0.1) is 0 Å². The summed E-state index contributed by atoms with van der Waals surface area (Å²) < 4.78 is 16.0. The Labute approximate surface area is 326 Å². The third kappa shape index (κ3) is 6.33. The molecule has 0 atom stereocenters. The second-order valence-electron chi connectivity index (χ2n) is 13.4. The maximum Gasteiger partial charge on any atom is 0.221 e. The van der Waals surface area contributed by atoms with Crippen molar-refractivity contribution >= 4 is 0 Å². The number of imidazole rings is 2. The number of methoxy groups -OCH3 is 2. The van der Waals surface area contributed by atoms with Gasteiger partial charge < -0.3 is 9.47 Å². The molecule has 2 aromatic heterocycles. The Bertz CT molecular complexity index is 2730. The monoisotopic (exact) mass is 726 g/mol. The molecule has 9 aromatic rings. The first kappa shape index (κ1) is 34.3. The molecule has 0 bridgehead atoms. The molecule has 0 unspecified atom stereocenters. The first-order valence-corrected chi connectivity index (χ1v) is 18.6. The van der Waals surface area contributed by atoms with Gasteiger partial charge in [0.05, 0.1) is 42.7 Å². The minimum absolute atomic E-state index is 0.685. The van der Waals surface area contributed by atoms with Gasteiger partial charge in [-0.1, -0.05) is 152 Å². The molecule has 2 heterocycles. The van der Waals surface area contributed by atoms with E-state index in [0.29, 0.717) is 5.95 Å². The zero-order valence-corrected chi connectivity index (χ0v) is 31.1. The molecule has 0 saturated heterocycles. The number of nitrogens with zero attached hydrogens (tertiary/aromatic N) is 4. The van der Waals surface area contributed by atoms with Gasteiger partial charge in [0.2, 0.25) is 5.95 Å². The van der Waals surface area contributed by atoms with Crippen molar-refractivity contribution in [1.82, 2.24) is 19.1 Å². The zero-order chi connectivity index (χ0) is 37.8. The molecule has 6 nitrogen and oxygen atoms in total. The van der Waals surface area contributed by atoms with E-state index in [0.717, 1.165) is 84.7 Å². The predicted molar refractivity (Wildman–Crippen MR) is 226 cm³/mol. The highest BCUT2D eigenvalue weighted by Gasteiger charge is 2.30. The van der Waals surface area contributed by atoms with Crippen molar-refractivity contribution < 1.29 is 9.47 Å². The van der Waals surface area contributed by atoms with E-state index in [1.807, 2.05) is 48.5 Å². The average molecular weight is 727 g/mol. The fraction of sp³-hybridized carbons (Fsp3) is 0.0400. The largest absolute Gasteiger partial charge is 0.497 e. The van der Waals surface area contributed by atoms with Crippen LogP contribution >= 0.6 is 0 Å². The lowest BCUT2D eigenvalue weighted by atomic mass is 10.0. The summed E-state index contributed by atoms with van der Waals surface area (Å²) in [5.41, 5.74) is 11.5. The van der Waals surface area contributed by atoms with Crippen molar-refractivity contribution in [2.75, 3.05) is 14.2 Å². The minimum atomic E-state index is 0.685. The highest BCUT2D eigenvalue weighted by atomic mass is 16.5. The van der Waals surface area contributed by atoms with Crippen LogP contribution < -0.4 is 9.47 Å². The number of hydrogen-bond acceptors (Lipinski definition) is 4. The van der Waals surface area contributed by atoms with E-state index in [-0.39, 0.29) is 0 Å². The van der Waals surface area contributed by atoms with Gasteiger partial charge >= 0.3 is 0 Å². The molecule has 0 fully saturated rings. The number of benzene rings is 7. The van der Waals surface area contributed by atoms with Gasteiger partial charge in [-0.25, -0.2) is 9.97 Å². The Morgan fingerprint density at radius 1 is 0.375 bits per heavy atom. The highest BCUT2D eigenvalue weighted by Crippen LogP contribution is 2.44. The van der Waals surface area contributed by atoms with Crippen LogP contribution in [0.15, 0.2) is 194 Å². The third-order valence-corrected chi connectivity index (χ3v) is 10.0. The summed E-state index contributed by atoms with van der Waals surface area (Å²) in [6.45, 7) is 0. The molecule has 0 amide bonds. The first-order valence-electron chi connectivity index (χ1n) is 18.6. The SMILES string of the molecule is COc1ccc(-c2nc(-c3ccccc3)c(-c3ccccc3)n2-c2nc(-c3ccccc3)c(-c3ccccc3)n2-c2ccc(OC)cc2-c2ccccc2)cc1. The summed E-state index contributed by atoms with van der Waals surface area (Å²) in [6.07, 6.45) is 0. The van der Waals surface area contributed by atoms with Crippen LogP contribution in [0.5, 0.6) is 11.5 Å². The molecule has 0 aliphatic carbocycles.